The molecule has 0 radical (unpaired) electrons. The maximum Gasteiger partial charge on any atom is 0.319 e. The van der Waals surface area contributed by atoms with Crippen molar-refractivity contribution in [3.05, 3.63) is 54.2 Å². The van der Waals surface area contributed by atoms with Crippen LogP contribution in [0.5, 0.6) is 0 Å². The summed E-state index contributed by atoms with van der Waals surface area (Å²) in [6, 6.07) is 13.7. The fraction of sp³-hybridized carbons (Fsp3) is 0.368. The van der Waals surface area contributed by atoms with Crippen LogP contribution in [-0.4, -0.2) is 17.6 Å². The van der Waals surface area contributed by atoms with Crippen molar-refractivity contribution < 1.29 is 4.79 Å². The van der Waals surface area contributed by atoms with Gasteiger partial charge in [-0.1, -0.05) is 44.4 Å². The molecular formula is C19H25N3OS. The van der Waals surface area contributed by atoms with Crippen molar-refractivity contribution in [2.24, 2.45) is 0 Å². The Morgan fingerprint density at radius 3 is 2.83 bits per heavy atom. The molecule has 2 rings (SSSR count). The molecule has 1 aromatic carbocycles. The minimum absolute atomic E-state index is 0.138. The van der Waals surface area contributed by atoms with Crippen LogP contribution in [0.15, 0.2) is 53.7 Å². The van der Waals surface area contributed by atoms with E-state index >= 15 is 0 Å². The normalized spacial score (nSPS) is 10.4. The molecule has 128 valence electrons. The van der Waals surface area contributed by atoms with Gasteiger partial charge in [-0.05, 0) is 36.2 Å². The first-order chi connectivity index (χ1) is 11.8. The van der Waals surface area contributed by atoms with Crippen molar-refractivity contribution in [1.82, 2.24) is 10.3 Å². The lowest BCUT2D eigenvalue weighted by Crippen LogP contribution is -2.29. The molecule has 0 saturated carbocycles. The standard InChI is InChI=1S/C19H25N3OS/c1-2-3-4-6-13-21-19(23)22-17-10-8-9-16(14-17)15-24-18-11-5-7-12-20-18/h5,7-12,14H,2-4,6,13,15H2,1H3,(H2,21,22,23). The lowest BCUT2D eigenvalue weighted by molar-refractivity contribution is 0.252. The van der Waals surface area contributed by atoms with Crippen LogP contribution in [0, 0.1) is 0 Å². The number of anilines is 1. The molecule has 1 heterocycles. The van der Waals surface area contributed by atoms with Gasteiger partial charge in [-0.25, -0.2) is 9.78 Å². The van der Waals surface area contributed by atoms with Crippen molar-refractivity contribution in [2.75, 3.05) is 11.9 Å². The third kappa shape index (κ3) is 7.04. The third-order valence-electron chi connectivity index (χ3n) is 3.53. The minimum atomic E-state index is -0.138. The van der Waals surface area contributed by atoms with E-state index in [9.17, 15) is 4.79 Å². The van der Waals surface area contributed by atoms with E-state index in [1.165, 1.54) is 12.8 Å². The molecule has 5 heteroatoms. The summed E-state index contributed by atoms with van der Waals surface area (Å²) in [7, 11) is 0. The van der Waals surface area contributed by atoms with Crippen LogP contribution in [-0.2, 0) is 5.75 Å². The minimum Gasteiger partial charge on any atom is -0.338 e. The van der Waals surface area contributed by atoms with Gasteiger partial charge in [0, 0.05) is 24.2 Å². The topological polar surface area (TPSA) is 54.0 Å². The predicted octanol–water partition coefficient (Wildman–Crippen LogP) is 5.08. The van der Waals surface area contributed by atoms with Gasteiger partial charge in [0.25, 0.3) is 0 Å². The number of aromatic nitrogens is 1. The van der Waals surface area contributed by atoms with Crippen molar-refractivity contribution in [3.8, 4) is 0 Å². The third-order valence-corrected chi connectivity index (χ3v) is 4.54. The molecule has 2 N–H and O–H groups in total. The van der Waals surface area contributed by atoms with Crippen LogP contribution in [0.2, 0.25) is 0 Å². The molecule has 0 bridgehead atoms. The summed E-state index contributed by atoms with van der Waals surface area (Å²) in [4.78, 5) is 16.2. The number of pyridine rings is 1. The SMILES string of the molecule is CCCCCCNC(=O)Nc1cccc(CSc2ccccn2)c1. The van der Waals surface area contributed by atoms with Gasteiger partial charge in [0.05, 0.1) is 5.03 Å². The molecule has 4 nitrogen and oxygen atoms in total. The smallest absolute Gasteiger partial charge is 0.319 e. The van der Waals surface area contributed by atoms with Gasteiger partial charge in [0.2, 0.25) is 0 Å². The lowest BCUT2D eigenvalue weighted by Gasteiger charge is -2.09. The average Bonchev–Trinajstić information content (AvgIpc) is 2.61. The summed E-state index contributed by atoms with van der Waals surface area (Å²) in [5.41, 5.74) is 1.98. The van der Waals surface area contributed by atoms with Gasteiger partial charge < -0.3 is 10.6 Å². The molecule has 1 aromatic heterocycles. The molecular weight excluding hydrogens is 318 g/mol. The lowest BCUT2D eigenvalue weighted by atomic mass is 10.2. The van der Waals surface area contributed by atoms with Crippen LogP contribution >= 0.6 is 11.8 Å². The predicted molar refractivity (Wildman–Crippen MR) is 101 cm³/mol. The summed E-state index contributed by atoms with van der Waals surface area (Å²) in [6.45, 7) is 2.90. The molecule has 24 heavy (non-hydrogen) atoms. The Hall–Kier alpha value is -2.01. The Bertz CT molecular complexity index is 619. The largest absolute Gasteiger partial charge is 0.338 e. The summed E-state index contributed by atoms with van der Waals surface area (Å²) < 4.78 is 0. The van der Waals surface area contributed by atoms with E-state index in [0.29, 0.717) is 0 Å². The van der Waals surface area contributed by atoms with Crippen LogP contribution < -0.4 is 10.6 Å². The van der Waals surface area contributed by atoms with Gasteiger partial charge in [-0.2, -0.15) is 0 Å². The second kappa shape index (κ2) is 10.7. The Kier molecular flexibility index (Phi) is 8.18. The van der Waals surface area contributed by atoms with E-state index in [1.54, 1.807) is 18.0 Å². The molecule has 0 fully saturated rings. The number of nitrogens with one attached hydrogen (secondary N) is 2. The monoisotopic (exact) mass is 343 g/mol. The highest BCUT2D eigenvalue weighted by atomic mass is 32.2. The maximum atomic E-state index is 11.9. The van der Waals surface area contributed by atoms with E-state index in [4.69, 9.17) is 0 Å². The average molecular weight is 343 g/mol. The van der Waals surface area contributed by atoms with Crippen molar-refractivity contribution in [2.45, 2.75) is 43.4 Å². The number of carbonyl (C=O) groups is 1. The number of rotatable bonds is 9. The zero-order valence-corrected chi connectivity index (χ0v) is 14.9. The molecule has 0 saturated heterocycles. The van der Waals surface area contributed by atoms with E-state index in [2.05, 4.69) is 28.6 Å². The van der Waals surface area contributed by atoms with Crippen LogP contribution in [0.3, 0.4) is 0 Å². The Morgan fingerprint density at radius 1 is 1.12 bits per heavy atom. The number of carbonyl (C=O) groups excluding carboxylic acids is 1. The molecule has 0 unspecified atom stereocenters. The maximum absolute atomic E-state index is 11.9. The van der Waals surface area contributed by atoms with E-state index in [-0.39, 0.29) is 6.03 Å². The van der Waals surface area contributed by atoms with E-state index in [1.807, 2.05) is 36.4 Å². The first-order valence-electron chi connectivity index (χ1n) is 8.45. The zero-order valence-electron chi connectivity index (χ0n) is 14.1. The summed E-state index contributed by atoms with van der Waals surface area (Å²) in [6.07, 6.45) is 6.42. The first-order valence-corrected chi connectivity index (χ1v) is 9.44. The first kappa shape index (κ1) is 18.3. The molecule has 0 spiro atoms. The van der Waals surface area contributed by atoms with Gasteiger partial charge in [-0.15, -0.1) is 11.8 Å². The highest BCUT2D eigenvalue weighted by Gasteiger charge is 2.03. The number of hydrogen-bond acceptors (Lipinski definition) is 3. The zero-order chi connectivity index (χ0) is 17.0. The Morgan fingerprint density at radius 2 is 2.04 bits per heavy atom. The van der Waals surface area contributed by atoms with Gasteiger partial charge in [-0.3, -0.25) is 0 Å². The number of urea groups is 1. The molecule has 0 aliphatic carbocycles. The van der Waals surface area contributed by atoms with Gasteiger partial charge in [0.15, 0.2) is 0 Å². The van der Waals surface area contributed by atoms with Gasteiger partial charge in [0.1, 0.15) is 0 Å². The number of unbranched alkanes of at least 4 members (excludes halogenated alkanes) is 3. The van der Waals surface area contributed by atoms with Crippen LogP contribution in [0.1, 0.15) is 38.2 Å². The molecule has 0 aliphatic heterocycles. The number of hydrogen-bond donors (Lipinski definition) is 2. The molecule has 0 atom stereocenters. The van der Waals surface area contributed by atoms with E-state index < -0.39 is 0 Å². The molecule has 2 aromatic rings. The van der Waals surface area contributed by atoms with Crippen LogP contribution in [0.4, 0.5) is 10.5 Å². The highest BCUT2D eigenvalue weighted by molar-refractivity contribution is 7.98. The van der Waals surface area contributed by atoms with Crippen molar-refractivity contribution in [1.29, 1.82) is 0 Å². The summed E-state index contributed by atoms with van der Waals surface area (Å²) in [5.74, 6) is 0.825. The quantitative estimate of drug-likeness (QED) is 0.493. The van der Waals surface area contributed by atoms with Crippen molar-refractivity contribution in [3.63, 3.8) is 0 Å². The van der Waals surface area contributed by atoms with Crippen LogP contribution in [0.25, 0.3) is 0 Å². The second-order valence-corrected chi connectivity index (χ2v) is 6.59. The summed E-state index contributed by atoms with van der Waals surface area (Å²) >= 11 is 1.68. The van der Waals surface area contributed by atoms with Gasteiger partial charge >= 0.3 is 6.03 Å². The molecule has 2 amide bonds. The Balaban J connectivity index is 1.76. The number of nitrogens with zero attached hydrogens (tertiary/aromatic N) is 1. The number of thioether (sulfide) groups is 1. The highest BCUT2D eigenvalue weighted by Crippen LogP contribution is 2.22. The Labute approximate surface area is 148 Å². The fourth-order valence-corrected chi connectivity index (χ4v) is 3.06. The molecule has 0 aliphatic rings. The second-order valence-electron chi connectivity index (χ2n) is 5.60. The van der Waals surface area contributed by atoms with E-state index in [0.717, 1.165) is 41.4 Å². The fourth-order valence-electron chi connectivity index (χ4n) is 2.26. The van der Waals surface area contributed by atoms with Crippen molar-refractivity contribution >= 4 is 23.5 Å². The number of amides is 2. The summed E-state index contributed by atoms with van der Waals surface area (Å²) in [5, 5.41) is 6.80. The number of benzene rings is 1.